The number of hydrogen-bond donors (Lipinski definition) is 1. The summed E-state index contributed by atoms with van der Waals surface area (Å²) in [5.41, 5.74) is 1.23. The molecule has 1 heterocycles. The molecule has 0 radical (unpaired) electrons. The second-order valence-corrected chi connectivity index (χ2v) is 6.96. The molecule has 0 aliphatic carbocycles. The van der Waals surface area contributed by atoms with Gasteiger partial charge in [0.2, 0.25) is 0 Å². The van der Waals surface area contributed by atoms with Crippen molar-refractivity contribution in [3.63, 3.8) is 0 Å². The van der Waals surface area contributed by atoms with Crippen LogP contribution in [0.3, 0.4) is 0 Å². The zero-order chi connectivity index (χ0) is 14.3. The molecule has 110 valence electrons. The molecule has 1 rings (SSSR count). The monoisotopic (exact) mass is 355 g/mol. The average molecular weight is 356 g/mol. The van der Waals surface area contributed by atoms with Crippen LogP contribution in [0.5, 0.6) is 0 Å². The van der Waals surface area contributed by atoms with Crippen molar-refractivity contribution in [3.05, 3.63) is 20.3 Å². The molecule has 0 bridgehead atoms. The van der Waals surface area contributed by atoms with Crippen LogP contribution in [-0.2, 0) is 4.74 Å². The number of halogens is 3. The molecule has 2 nitrogen and oxygen atoms in total. The minimum Gasteiger partial charge on any atom is -0.375 e. The molecule has 19 heavy (non-hydrogen) atoms. The van der Waals surface area contributed by atoms with E-state index in [-0.39, 0.29) is 6.04 Å². The lowest BCUT2D eigenvalue weighted by atomic mass is 10.1. The Bertz CT molecular complexity index is 374. The van der Waals surface area contributed by atoms with Gasteiger partial charge in [-0.2, -0.15) is 0 Å². The molecule has 0 amide bonds. The van der Waals surface area contributed by atoms with Gasteiger partial charge in [-0.1, -0.05) is 6.92 Å². The SMILES string of the molecule is CCCNC(CCOCC(F)F)c1cc(Br)sc1C. The Hall–Kier alpha value is -0.0400. The molecule has 6 heteroatoms. The maximum Gasteiger partial charge on any atom is 0.261 e. The van der Waals surface area contributed by atoms with Gasteiger partial charge in [-0.3, -0.25) is 0 Å². The van der Waals surface area contributed by atoms with Crippen LogP contribution in [0.2, 0.25) is 0 Å². The van der Waals surface area contributed by atoms with E-state index in [4.69, 9.17) is 4.74 Å². The highest BCUT2D eigenvalue weighted by Gasteiger charge is 2.16. The van der Waals surface area contributed by atoms with Crippen LogP contribution in [0.15, 0.2) is 9.85 Å². The Balaban J connectivity index is 2.54. The van der Waals surface area contributed by atoms with Crippen LogP contribution < -0.4 is 5.32 Å². The molecule has 1 aromatic rings. The summed E-state index contributed by atoms with van der Waals surface area (Å²) >= 11 is 5.17. The summed E-state index contributed by atoms with van der Waals surface area (Å²) in [6, 6.07) is 2.26. The van der Waals surface area contributed by atoms with Gasteiger partial charge >= 0.3 is 0 Å². The Morgan fingerprint density at radius 3 is 2.74 bits per heavy atom. The van der Waals surface area contributed by atoms with E-state index in [1.165, 1.54) is 10.4 Å². The van der Waals surface area contributed by atoms with Crippen molar-refractivity contribution in [2.75, 3.05) is 19.8 Å². The van der Waals surface area contributed by atoms with E-state index in [9.17, 15) is 8.78 Å². The van der Waals surface area contributed by atoms with Crippen molar-refractivity contribution < 1.29 is 13.5 Å². The van der Waals surface area contributed by atoms with Gasteiger partial charge in [0.1, 0.15) is 6.61 Å². The summed E-state index contributed by atoms with van der Waals surface area (Å²) in [5.74, 6) is 0. The maximum atomic E-state index is 12.0. The Morgan fingerprint density at radius 2 is 2.21 bits per heavy atom. The molecule has 0 fully saturated rings. The zero-order valence-electron chi connectivity index (χ0n) is 11.2. The van der Waals surface area contributed by atoms with Crippen molar-refractivity contribution in [1.82, 2.24) is 5.32 Å². The largest absolute Gasteiger partial charge is 0.375 e. The standard InChI is InChI=1S/C13H20BrF2NOS/c1-3-5-17-11(4-6-18-8-13(15)16)10-7-12(14)19-9(10)2/h7,11,13,17H,3-6,8H2,1-2H3. The highest BCUT2D eigenvalue weighted by atomic mass is 79.9. The lowest BCUT2D eigenvalue weighted by Crippen LogP contribution is -2.24. The number of hydrogen-bond acceptors (Lipinski definition) is 3. The van der Waals surface area contributed by atoms with Gasteiger partial charge in [-0.05, 0) is 53.9 Å². The fourth-order valence-electron chi connectivity index (χ4n) is 1.86. The number of aryl methyl sites for hydroxylation is 1. The van der Waals surface area contributed by atoms with Crippen molar-refractivity contribution >= 4 is 27.3 Å². The molecular weight excluding hydrogens is 336 g/mol. The number of thiophene rings is 1. The molecule has 0 spiro atoms. The number of ether oxygens (including phenoxy) is 1. The first-order valence-electron chi connectivity index (χ1n) is 6.39. The van der Waals surface area contributed by atoms with E-state index in [1.807, 2.05) is 0 Å². The summed E-state index contributed by atoms with van der Waals surface area (Å²) in [6.45, 7) is 4.96. The lowest BCUT2D eigenvalue weighted by molar-refractivity contribution is 0.0143. The maximum absolute atomic E-state index is 12.0. The van der Waals surface area contributed by atoms with Gasteiger partial charge in [0.05, 0.1) is 3.79 Å². The minimum absolute atomic E-state index is 0.167. The fraction of sp³-hybridized carbons (Fsp3) is 0.692. The lowest BCUT2D eigenvalue weighted by Gasteiger charge is -2.18. The molecule has 0 aromatic carbocycles. The van der Waals surface area contributed by atoms with Crippen LogP contribution in [-0.4, -0.2) is 26.2 Å². The summed E-state index contributed by atoms with van der Waals surface area (Å²) in [4.78, 5) is 1.24. The van der Waals surface area contributed by atoms with Crippen LogP contribution in [0.1, 0.15) is 36.2 Å². The zero-order valence-corrected chi connectivity index (χ0v) is 13.6. The minimum atomic E-state index is -2.39. The van der Waals surface area contributed by atoms with E-state index >= 15 is 0 Å². The van der Waals surface area contributed by atoms with Gasteiger partial charge in [0.15, 0.2) is 0 Å². The highest BCUT2D eigenvalue weighted by Crippen LogP contribution is 2.32. The Labute approximate surface area is 125 Å². The number of nitrogens with one attached hydrogen (secondary N) is 1. The second-order valence-electron chi connectivity index (χ2n) is 4.32. The highest BCUT2D eigenvalue weighted by molar-refractivity contribution is 9.11. The Kier molecular flexibility index (Phi) is 8.06. The third-order valence-corrected chi connectivity index (χ3v) is 4.31. The van der Waals surface area contributed by atoms with E-state index in [2.05, 4.69) is 41.2 Å². The van der Waals surface area contributed by atoms with Gasteiger partial charge in [0, 0.05) is 17.5 Å². The van der Waals surface area contributed by atoms with Crippen molar-refractivity contribution in [3.8, 4) is 0 Å². The number of rotatable bonds is 9. The van der Waals surface area contributed by atoms with Crippen LogP contribution in [0, 0.1) is 6.92 Å². The predicted octanol–water partition coefficient (Wildman–Crippen LogP) is 4.53. The fourth-order valence-corrected chi connectivity index (χ4v) is 3.64. The molecule has 0 aliphatic heterocycles. The third kappa shape index (κ3) is 6.29. The third-order valence-electron chi connectivity index (χ3n) is 2.74. The summed E-state index contributed by atoms with van der Waals surface area (Å²) in [7, 11) is 0. The molecular formula is C13H20BrF2NOS. The molecule has 0 saturated heterocycles. The van der Waals surface area contributed by atoms with Crippen LogP contribution in [0.4, 0.5) is 8.78 Å². The summed E-state index contributed by atoms with van der Waals surface area (Å²) < 4.78 is 30.1. The first-order chi connectivity index (χ1) is 9.04. The van der Waals surface area contributed by atoms with E-state index in [0.717, 1.165) is 16.8 Å². The second kappa shape index (κ2) is 9.00. The van der Waals surface area contributed by atoms with Gasteiger partial charge in [-0.25, -0.2) is 8.78 Å². The smallest absolute Gasteiger partial charge is 0.261 e. The first-order valence-corrected chi connectivity index (χ1v) is 8.00. The van der Waals surface area contributed by atoms with E-state index < -0.39 is 13.0 Å². The average Bonchev–Trinajstić information content (AvgIpc) is 2.67. The van der Waals surface area contributed by atoms with Crippen molar-refractivity contribution in [2.45, 2.75) is 39.2 Å². The Morgan fingerprint density at radius 1 is 1.47 bits per heavy atom. The van der Waals surface area contributed by atoms with E-state index in [0.29, 0.717) is 13.0 Å². The predicted molar refractivity (Wildman–Crippen MR) is 79.2 cm³/mol. The van der Waals surface area contributed by atoms with Crippen LogP contribution >= 0.6 is 27.3 Å². The van der Waals surface area contributed by atoms with Gasteiger partial charge in [0.25, 0.3) is 6.43 Å². The van der Waals surface area contributed by atoms with E-state index in [1.54, 1.807) is 11.3 Å². The molecule has 1 N–H and O–H groups in total. The molecule has 0 aliphatic rings. The first kappa shape index (κ1) is 17.0. The topological polar surface area (TPSA) is 21.3 Å². The van der Waals surface area contributed by atoms with Gasteiger partial charge in [-0.15, -0.1) is 11.3 Å². The van der Waals surface area contributed by atoms with Crippen molar-refractivity contribution in [1.29, 1.82) is 0 Å². The number of alkyl halides is 2. The molecule has 1 aromatic heterocycles. The molecule has 1 atom stereocenters. The molecule has 0 saturated carbocycles. The summed E-state index contributed by atoms with van der Waals surface area (Å²) in [6.07, 6.45) is -0.644. The normalized spacial score (nSPS) is 13.2. The van der Waals surface area contributed by atoms with Crippen LogP contribution in [0.25, 0.3) is 0 Å². The quantitative estimate of drug-likeness (QED) is 0.657. The molecule has 1 unspecified atom stereocenters. The van der Waals surface area contributed by atoms with Crippen molar-refractivity contribution in [2.24, 2.45) is 0 Å². The van der Waals surface area contributed by atoms with Gasteiger partial charge < -0.3 is 10.1 Å². The summed E-state index contributed by atoms with van der Waals surface area (Å²) in [5, 5.41) is 3.45.